The van der Waals surface area contributed by atoms with Gasteiger partial charge in [0, 0.05) is 12.1 Å². The number of unbranched alkanes of at least 4 members (excludes halogenated alkanes) is 1. The molecule has 1 aromatic carbocycles. The van der Waals surface area contributed by atoms with Gasteiger partial charge in [-0.3, -0.25) is 25.0 Å². The molecule has 0 bridgehead atoms. The third-order valence-corrected chi connectivity index (χ3v) is 3.37. The van der Waals surface area contributed by atoms with Crippen LogP contribution in [0.5, 0.6) is 0 Å². The van der Waals surface area contributed by atoms with Gasteiger partial charge in [0.1, 0.15) is 6.04 Å². The zero-order valence-electron chi connectivity index (χ0n) is 14.8. The summed E-state index contributed by atoms with van der Waals surface area (Å²) in [6.07, 6.45) is 1.38. The van der Waals surface area contributed by atoms with Crippen molar-refractivity contribution in [3.05, 3.63) is 44.0 Å². The molecule has 1 rings (SSSR count). The molecule has 1 aromatic rings. The number of ether oxygens (including phenoxy) is 1. The summed E-state index contributed by atoms with van der Waals surface area (Å²) in [6, 6.07) is 1.67. The number of benzene rings is 1. The van der Waals surface area contributed by atoms with Crippen molar-refractivity contribution in [1.29, 1.82) is 0 Å². The first-order chi connectivity index (χ1) is 12.1. The summed E-state index contributed by atoms with van der Waals surface area (Å²) in [4.78, 5) is 44.7. The van der Waals surface area contributed by atoms with Crippen LogP contribution in [0.25, 0.3) is 0 Å². The summed E-state index contributed by atoms with van der Waals surface area (Å²) in [5, 5.41) is 24.3. The van der Waals surface area contributed by atoms with E-state index >= 15 is 0 Å². The Morgan fingerprint density at radius 1 is 1.12 bits per heavy atom. The fourth-order valence-electron chi connectivity index (χ4n) is 2.15. The monoisotopic (exact) mass is 367 g/mol. The number of nitro benzene ring substituents is 2. The zero-order chi connectivity index (χ0) is 19.9. The third-order valence-electron chi connectivity index (χ3n) is 3.37. The number of esters is 1. The summed E-state index contributed by atoms with van der Waals surface area (Å²) in [6.45, 7) is 5.25. The second kappa shape index (κ2) is 9.44. The molecule has 0 unspecified atom stereocenters. The maximum absolute atomic E-state index is 12.4. The molecule has 26 heavy (non-hydrogen) atoms. The first-order valence-corrected chi connectivity index (χ1v) is 8.11. The highest BCUT2D eigenvalue weighted by molar-refractivity contribution is 5.98. The van der Waals surface area contributed by atoms with Gasteiger partial charge in [-0.25, -0.2) is 4.79 Å². The third kappa shape index (κ3) is 6.11. The molecule has 0 aromatic heterocycles. The van der Waals surface area contributed by atoms with Gasteiger partial charge in [0.2, 0.25) is 0 Å². The number of carbonyl (C=O) groups is 2. The number of rotatable bonds is 9. The topological polar surface area (TPSA) is 142 Å². The average molecular weight is 367 g/mol. The average Bonchev–Trinajstić information content (AvgIpc) is 2.57. The van der Waals surface area contributed by atoms with E-state index in [1.54, 1.807) is 13.8 Å². The van der Waals surface area contributed by atoms with Gasteiger partial charge in [-0.1, -0.05) is 19.8 Å². The number of nitrogens with one attached hydrogen (secondary N) is 1. The summed E-state index contributed by atoms with van der Waals surface area (Å²) >= 11 is 0. The first kappa shape index (κ1) is 21.0. The van der Waals surface area contributed by atoms with E-state index in [-0.39, 0.29) is 11.7 Å². The van der Waals surface area contributed by atoms with Gasteiger partial charge in [-0.15, -0.1) is 0 Å². The molecule has 0 heterocycles. The van der Waals surface area contributed by atoms with Crippen LogP contribution in [0, 0.1) is 20.2 Å². The van der Waals surface area contributed by atoms with E-state index in [0.29, 0.717) is 12.8 Å². The standard InChI is InChI=1S/C16H21N3O7/c1-4-5-6-14(16(21)26-10(2)3)17-15(20)11-7-12(18(22)23)9-13(8-11)19(24)25/h7-10,14H,4-6H2,1-3H3,(H,17,20)/t14-/m0/s1. The molecule has 1 amide bonds. The van der Waals surface area contributed by atoms with Crippen molar-refractivity contribution in [3.63, 3.8) is 0 Å². The molecular formula is C16H21N3O7. The smallest absolute Gasteiger partial charge is 0.328 e. The van der Waals surface area contributed by atoms with Crippen LogP contribution in [0.1, 0.15) is 50.4 Å². The fraction of sp³-hybridized carbons (Fsp3) is 0.500. The molecule has 0 saturated carbocycles. The van der Waals surface area contributed by atoms with E-state index in [1.165, 1.54) is 0 Å². The van der Waals surface area contributed by atoms with Crippen LogP contribution < -0.4 is 5.32 Å². The largest absolute Gasteiger partial charge is 0.461 e. The summed E-state index contributed by atoms with van der Waals surface area (Å²) in [5.74, 6) is -1.44. The van der Waals surface area contributed by atoms with Gasteiger partial charge in [0.25, 0.3) is 17.3 Å². The van der Waals surface area contributed by atoms with Crippen LogP contribution >= 0.6 is 0 Å². The molecule has 0 fully saturated rings. The van der Waals surface area contributed by atoms with Crippen LogP contribution in [0.3, 0.4) is 0 Å². The SMILES string of the molecule is CCCC[C@H](NC(=O)c1cc([N+](=O)[O-])cc([N+](=O)[O-])c1)C(=O)OC(C)C. The number of hydrogen-bond acceptors (Lipinski definition) is 7. The number of hydrogen-bond donors (Lipinski definition) is 1. The number of nitrogens with zero attached hydrogens (tertiary/aromatic N) is 2. The molecule has 142 valence electrons. The zero-order valence-corrected chi connectivity index (χ0v) is 14.8. The lowest BCUT2D eigenvalue weighted by Crippen LogP contribution is -2.42. The lowest BCUT2D eigenvalue weighted by atomic mass is 10.1. The Bertz CT molecular complexity index is 671. The lowest BCUT2D eigenvalue weighted by Gasteiger charge is -2.19. The number of amides is 1. The number of carbonyl (C=O) groups excluding carboxylic acids is 2. The maximum atomic E-state index is 12.4. The molecule has 0 spiro atoms. The van der Waals surface area contributed by atoms with Crippen molar-refractivity contribution in [2.45, 2.75) is 52.2 Å². The molecule has 0 saturated heterocycles. The quantitative estimate of drug-likeness (QED) is 0.401. The van der Waals surface area contributed by atoms with Crippen LogP contribution in [-0.2, 0) is 9.53 Å². The Morgan fingerprint density at radius 3 is 2.08 bits per heavy atom. The highest BCUT2D eigenvalue weighted by Crippen LogP contribution is 2.23. The van der Waals surface area contributed by atoms with Gasteiger partial charge < -0.3 is 10.1 Å². The van der Waals surface area contributed by atoms with E-state index in [0.717, 1.165) is 24.6 Å². The molecule has 0 aliphatic heterocycles. The van der Waals surface area contributed by atoms with Crippen molar-refractivity contribution < 1.29 is 24.2 Å². The molecule has 1 N–H and O–H groups in total. The van der Waals surface area contributed by atoms with Gasteiger partial charge in [-0.05, 0) is 20.3 Å². The van der Waals surface area contributed by atoms with Crippen molar-refractivity contribution in [2.24, 2.45) is 0 Å². The van der Waals surface area contributed by atoms with Gasteiger partial charge >= 0.3 is 5.97 Å². The Labute approximate surface area is 149 Å². The molecular weight excluding hydrogens is 346 g/mol. The maximum Gasteiger partial charge on any atom is 0.328 e. The molecule has 0 aliphatic rings. The minimum absolute atomic E-state index is 0.273. The lowest BCUT2D eigenvalue weighted by molar-refractivity contribution is -0.394. The van der Waals surface area contributed by atoms with Crippen molar-refractivity contribution >= 4 is 23.3 Å². The predicted octanol–water partition coefficient (Wildman–Crippen LogP) is 2.74. The Morgan fingerprint density at radius 2 is 1.65 bits per heavy atom. The normalized spacial score (nSPS) is 11.7. The Balaban J connectivity index is 3.09. The van der Waals surface area contributed by atoms with Crippen molar-refractivity contribution in [2.75, 3.05) is 0 Å². The van der Waals surface area contributed by atoms with Gasteiger partial charge in [0.05, 0.1) is 27.6 Å². The van der Waals surface area contributed by atoms with E-state index < -0.39 is 39.1 Å². The molecule has 0 radical (unpaired) electrons. The fourth-order valence-corrected chi connectivity index (χ4v) is 2.15. The second-order valence-corrected chi connectivity index (χ2v) is 5.91. The highest BCUT2D eigenvalue weighted by Gasteiger charge is 2.25. The molecule has 0 aliphatic carbocycles. The molecule has 10 heteroatoms. The van der Waals surface area contributed by atoms with E-state index in [4.69, 9.17) is 4.74 Å². The number of nitro groups is 2. The van der Waals surface area contributed by atoms with Gasteiger partial charge in [-0.2, -0.15) is 0 Å². The second-order valence-electron chi connectivity index (χ2n) is 5.91. The van der Waals surface area contributed by atoms with E-state index in [9.17, 15) is 29.8 Å². The van der Waals surface area contributed by atoms with E-state index in [2.05, 4.69) is 5.32 Å². The highest BCUT2D eigenvalue weighted by atomic mass is 16.6. The predicted molar refractivity (Wildman–Crippen MR) is 91.8 cm³/mol. The summed E-state index contributed by atoms with van der Waals surface area (Å²) < 4.78 is 5.10. The summed E-state index contributed by atoms with van der Waals surface area (Å²) in [5.41, 5.74) is -1.44. The van der Waals surface area contributed by atoms with Gasteiger partial charge in [0.15, 0.2) is 0 Å². The summed E-state index contributed by atoms with van der Waals surface area (Å²) in [7, 11) is 0. The minimum atomic E-state index is -0.942. The Hall–Kier alpha value is -3.04. The van der Waals surface area contributed by atoms with Crippen molar-refractivity contribution in [3.8, 4) is 0 Å². The van der Waals surface area contributed by atoms with Crippen LogP contribution in [0.15, 0.2) is 18.2 Å². The minimum Gasteiger partial charge on any atom is -0.461 e. The van der Waals surface area contributed by atoms with Crippen LogP contribution in [0.2, 0.25) is 0 Å². The first-order valence-electron chi connectivity index (χ1n) is 8.11. The number of non-ortho nitro benzene ring substituents is 2. The van der Waals surface area contributed by atoms with Crippen LogP contribution in [-0.4, -0.2) is 33.9 Å². The van der Waals surface area contributed by atoms with Crippen LogP contribution in [0.4, 0.5) is 11.4 Å². The molecule has 10 nitrogen and oxygen atoms in total. The molecule has 1 atom stereocenters. The van der Waals surface area contributed by atoms with Crippen molar-refractivity contribution in [1.82, 2.24) is 5.32 Å². The van der Waals surface area contributed by atoms with E-state index in [1.807, 2.05) is 6.92 Å². The Kier molecular flexibility index (Phi) is 7.63.